The topological polar surface area (TPSA) is 44.4 Å². The predicted molar refractivity (Wildman–Crippen MR) is 106 cm³/mol. The minimum Gasteiger partial charge on any atom is -0.481 e. The second kappa shape index (κ2) is 7.40. The Kier molecular flexibility index (Phi) is 5.03. The molecule has 0 atom stereocenters. The van der Waals surface area contributed by atoms with Crippen LogP contribution < -0.4 is 9.47 Å². The molecule has 4 heteroatoms. The third kappa shape index (κ3) is 3.91. The van der Waals surface area contributed by atoms with Gasteiger partial charge in [0.15, 0.2) is 6.20 Å². The van der Waals surface area contributed by atoms with E-state index in [-0.39, 0.29) is 6.42 Å². The molecule has 0 aliphatic carbocycles. The van der Waals surface area contributed by atoms with Gasteiger partial charge < -0.3 is 10.0 Å². The Morgan fingerprint density at radius 2 is 1.77 bits per heavy atom. The number of hydrogen-bond acceptors (Lipinski definition) is 2. The number of aliphatic carboxylic acids is 1. The second-order valence-corrected chi connectivity index (χ2v) is 6.62. The number of carboxylic acid groups (broad SMARTS) is 1. The van der Waals surface area contributed by atoms with Crippen molar-refractivity contribution in [2.45, 2.75) is 6.42 Å². The molecule has 4 nitrogen and oxygen atoms in total. The van der Waals surface area contributed by atoms with E-state index < -0.39 is 5.97 Å². The number of pyridine rings is 1. The van der Waals surface area contributed by atoms with Crippen LogP contribution >= 0.6 is 0 Å². The maximum Gasteiger partial charge on any atom is 0.307 e. The molecule has 0 spiro atoms. The van der Waals surface area contributed by atoms with E-state index in [0.717, 1.165) is 33.3 Å². The molecule has 0 saturated carbocycles. The van der Waals surface area contributed by atoms with Gasteiger partial charge >= 0.3 is 5.97 Å². The van der Waals surface area contributed by atoms with Gasteiger partial charge in [-0.3, -0.25) is 4.79 Å². The average molecular weight is 347 g/mol. The van der Waals surface area contributed by atoms with E-state index in [9.17, 15) is 4.79 Å². The Morgan fingerprint density at radius 1 is 1.08 bits per heavy atom. The number of benzene rings is 2. The van der Waals surface area contributed by atoms with Crippen LogP contribution in [0.4, 0.5) is 5.69 Å². The second-order valence-electron chi connectivity index (χ2n) is 6.62. The highest BCUT2D eigenvalue weighted by Crippen LogP contribution is 2.20. The maximum atomic E-state index is 11.1. The molecule has 0 fully saturated rings. The lowest BCUT2D eigenvalue weighted by Crippen LogP contribution is -2.29. The van der Waals surface area contributed by atoms with Crippen molar-refractivity contribution in [3.8, 4) is 0 Å². The molecule has 1 aromatic heterocycles. The highest BCUT2D eigenvalue weighted by Gasteiger charge is 2.12. The van der Waals surface area contributed by atoms with Crippen LogP contribution in [0.25, 0.3) is 23.1 Å². The molecule has 132 valence electrons. The number of rotatable bonds is 5. The minimum absolute atomic E-state index is 0.0243. The van der Waals surface area contributed by atoms with Crippen molar-refractivity contribution in [3.63, 3.8) is 0 Å². The van der Waals surface area contributed by atoms with E-state index in [4.69, 9.17) is 5.11 Å². The molecule has 0 amide bonds. The first-order valence-corrected chi connectivity index (χ1v) is 8.52. The van der Waals surface area contributed by atoms with E-state index in [1.54, 1.807) is 0 Å². The first-order valence-electron chi connectivity index (χ1n) is 8.52. The number of hydrogen-bond donors (Lipinski definition) is 1. The molecule has 1 heterocycles. The summed E-state index contributed by atoms with van der Waals surface area (Å²) in [5, 5.41) is 10.1. The van der Waals surface area contributed by atoms with Crippen molar-refractivity contribution in [1.82, 2.24) is 0 Å². The minimum atomic E-state index is -0.818. The predicted octanol–water partition coefficient (Wildman–Crippen LogP) is 3.53. The van der Waals surface area contributed by atoms with Gasteiger partial charge in [-0.1, -0.05) is 30.3 Å². The lowest BCUT2D eigenvalue weighted by atomic mass is 10.0. The largest absolute Gasteiger partial charge is 0.481 e. The first-order chi connectivity index (χ1) is 12.4. The zero-order valence-electron chi connectivity index (χ0n) is 15.3. The summed E-state index contributed by atoms with van der Waals surface area (Å²) in [4.78, 5) is 13.2. The number of aromatic nitrogens is 1. The molecule has 0 aliphatic heterocycles. The molecule has 2 aromatic carbocycles. The van der Waals surface area contributed by atoms with Crippen LogP contribution in [0.15, 0.2) is 54.7 Å². The van der Waals surface area contributed by atoms with Gasteiger partial charge in [0, 0.05) is 31.4 Å². The summed E-state index contributed by atoms with van der Waals surface area (Å²) >= 11 is 0. The standard InChI is InChI=1S/C22H22N2O2/c1-23(2)19-11-9-16(10-12-19)7-8-17-13-20-18(14-22(25)26)5-4-6-21(20)24(3)15-17/h4-13,15H,14H2,1-3H3/p+1/b8-7+. The van der Waals surface area contributed by atoms with Gasteiger partial charge in [-0.2, -0.15) is 0 Å². The zero-order chi connectivity index (χ0) is 18.7. The van der Waals surface area contributed by atoms with Gasteiger partial charge in [0.1, 0.15) is 7.05 Å². The number of fused-ring (bicyclic) bond motifs is 1. The van der Waals surface area contributed by atoms with Crippen molar-refractivity contribution >= 4 is 34.7 Å². The van der Waals surface area contributed by atoms with Crippen LogP contribution in [0.3, 0.4) is 0 Å². The highest BCUT2D eigenvalue weighted by molar-refractivity contribution is 5.86. The van der Waals surface area contributed by atoms with E-state index in [1.807, 2.05) is 43.9 Å². The van der Waals surface area contributed by atoms with Crippen LogP contribution in [-0.2, 0) is 18.3 Å². The Balaban J connectivity index is 1.96. The maximum absolute atomic E-state index is 11.1. The first kappa shape index (κ1) is 17.7. The van der Waals surface area contributed by atoms with Gasteiger partial charge in [-0.05, 0) is 35.4 Å². The summed E-state index contributed by atoms with van der Waals surface area (Å²) in [5.41, 5.74) is 5.18. The van der Waals surface area contributed by atoms with Crippen molar-refractivity contribution in [1.29, 1.82) is 0 Å². The number of nitrogens with zero attached hydrogens (tertiary/aromatic N) is 2. The fourth-order valence-corrected chi connectivity index (χ4v) is 3.06. The SMILES string of the molecule is CN(C)c1ccc(/C=C/c2cc3c(CC(=O)O)cccc3[n+](C)c2)cc1. The molecule has 1 N–H and O–H groups in total. The van der Waals surface area contributed by atoms with Gasteiger partial charge in [-0.25, -0.2) is 4.57 Å². The Labute approximate surface area is 153 Å². The number of anilines is 1. The van der Waals surface area contributed by atoms with E-state index in [0.29, 0.717) is 0 Å². The highest BCUT2D eigenvalue weighted by atomic mass is 16.4. The lowest BCUT2D eigenvalue weighted by Gasteiger charge is -2.11. The summed E-state index contributed by atoms with van der Waals surface area (Å²) in [6.45, 7) is 0. The monoisotopic (exact) mass is 347 g/mol. The average Bonchev–Trinajstić information content (AvgIpc) is 2.60. The van der Waals surface area contributed by atoms with Crippen LogP contribution in [0.1, 0.15) is 16.7 Å². The molecule has 0 bridgehead atoms. The third-order valence-corrected chi connectivity index (χ3v) is 4.43. The van der Waals surface area contributed by atoms with Crippen molar-refractivity contribution in [2.75, 3.05) is 19.0 Å². The van der Waals surface area contributed by atoms with E-state index in [2.05, 4.69) is 53.6 Å². The summed E-state index contributed by atoms with van der Waals surface area (Å²) in [5.74, 6) is -0.818. The van der Waals surface area contributed by atoms with Crippen molar-refractivity contribution in [2.24, 2.45) is 7.05 Å². The summed E-state index contributed by atoms with van der Waals surface area (Å²) < 4.78 is 2.04. The van der Waals surface area contributed by atoms with Gasteiger partial charge in [0.25, 0.3) is 0 Å². The van der Waals surface area contributed by atoms with Gasteiger partial charge in [0.2, 0.25) is 5.52 Å². The Bertz CT molecular complexity index is 973. The number of aryl methyl sites for hydroxylation is 1. The molecular formula is C22H23N2O2+. The molecule has 26 heavy (non-hydrogen) atoms. The Morgan fingerprint density at radius 3 is 2.42 bits per heavy atom. The number of carbonyl (C=O) groups is 1. The normalized spacial score (nSPS) is 11.2. The quantitative estimate of drug-likeness (QED) is 0.718. The fraction of sp³-hybridized carbons (Fsp3) is 0.182. The third-order valence-electron chi connectivity index (χ3n) is 4.43. The number of carboxylic acids is 1. The summed E-state index contributed by atoms with van der Waals surface area (Å²) in [6, 6.07) is 16.2. The smallest absolute Gasteiger partial charge is 0.307 e. The van der Waals surface area contributed by atoms with Gasteiger partial charge in [-0.15, -0.1) is 0 Å². The van der Waals surface area contributed by atoms with E-state index in [1.165, 1.54) is 0 Å². The van der Waals surface area contributed by atoms with Crippen LogP contribution in [0.2, 0.25) is 0 Å². The van der Waals surface area contributed by atoms with Crippen molar-refractivity contribution in [3.05, 3.63) is 71.4 Å². The molecular weight excluding hydrogens is 324 g/mol. The fourth-order valence-electron chi connectivity index (χ4n) is 3.06. The van der Waals surface area contributed by atoms with Crippen molar-refractivity contribution < 1.29 is 14.5 Å². The molecule has 0 aliphatic rings. The van der Waals surface area contributed by atoms with Crippen LogP contribution in [0.5, 0.6) is 0 Å². The molecule has 0 saturated heterocycles. The van der Waals surface area contributed by atoms with Crippen LogP contribution in [-0.4, -0.2) is 25.2 Å². The summed E-state index contributed by atoms with van der Waals surface area (Å²) in [6.07, 6.45) is 6.20. The molecule has 0 radical (unpaired) electrons. The lowest BCUT2D eigenvalue weighted by molar-refractivity contribution is -0.645. The summed E-state index contributed by atoms with van der Waals surface area (Å²) in [7, 11) is 6.03. The van der Waals surface area contributed by atoms with Crippen LogP contribution in [0, 0.1) is 0 Å². The Hall–Kier alpha value is -3.14. The zero-order valence-corrected chi connectivity index (χ0v) is 15.3. The molecule has 3 rings (SSSR count). The molecule has 0 unspecified atom stereocenters. The van der Waals surface area contributed by atoms with E-state index >= 15 is 0 Å². The van der Waals surface area contributed by atoms with Gasteiger partial charge in [0.05, 0.1) is 11.8 Å². The molecule has 3 aromatic rings.